The minimum absolute atomic E-state index is 0.405. The number of aliphatic carboxylic acids is 1. The van der Waals surface area contributed by atoms with Crippen LogP contribution in [0.2, 0.25) is 0 Å². The van der Waals surface area contributed by atoms with Gasteiger partial charge in [0.05, 0.1) is 0 Å². The van der Waals surface area contributed by atoms with E-state index in [4.69, 9.17) is 5.73 Å². The lowest BCUT2D eigenvalue weighted by Crippen LogP contribution is -2.50. The van der Waals surface area contributed by atoms with E-state index in [1.54, 1.807) is 0 Å². The van der Waals surface area contributed by atoms with Crippen molar-refractivity contribution in [1.29, 1.82) is 0 Å². The number of hydrogen-bond acceptors (Lipinski definition) is 3. The molecule has 2 aromatic carbocycles. The number of benzene rings is 2. The molecule has 3 N–H and O–H groups in total. The molecule has 0 spiro atoms. The summed E-state index contributed by atoms with van der Waals surface area (Å²) in [6, 6.07) is 16.8. The van der Waals surface area contributed by atoms with Crippen LogP contribution in [0.15, 0.2) is 48.5 Å². The van der Waals surface area contributed by atoms with Crippen molar-refractivity contribution in [1.82, 2.24) is 4.90 Å². The number of rotatable bonds is 4. The minimum atomic E-state index is -1.10. The molecule has 0 amide bonds. The highest BCUT2D eigenvalue weighted by atomic mass is 16.4. The van der Waals surface area contributed by atoms with Crippen molar-refractivity contribution in [2.45, 2.75) is 25.4 Å². The van der Waals surface area contributed by atoms with Crippen molar-refractivity contribution in [2.75, 3.05) is 13.1 Å². The molecule has 2 aromatic rings. The molecule has 1 fully saturated rings. The summed E-state index contributed by atoms with van der Waals surface area (Å²) in [6.07, 6.45) is 0.504. The quantitative estimate of drug-likeness (QED) is 0.911. The molecule has 4 heteroatoms. The molecule has 1 unspecified atom stereocenters. The molecule has 4 nitrogen and oxygen atoms in total. The Morgan fingerprint density at radius 2 is 1.91 bits per heavy atom. The van der Waals surface area contributed by atoms with Crippen LogP contribution in [-0.4, -0.2) is 34.6 Å². The third-order valence-corrected chi connectivity index (χ3v) is 4.62. The maximum atomic E-state index is 11.2. The van der Waals surface area contributed by atoms with Gasteiger partial charge in [-0.15, -0.1) is 0 Å². The first kappa shape index (κ1) is 15.7. The predicted octanol–water partition coefficient (Wildman–Crippen LogP) is 2.65. The van der Waals surface area contributed by atoms with Crippen molar-refractivity contribution < 1.29 is 9.90 Å². The molecule has 0 aromatic heterocycles. The van der Waals surface area contributed by atoms with Gasteiger partial charge in [0.2, 0.25) is 0 Å². The van der Waals surface area contributed by atoms with Gasteiger partial charge >= 0.3 is 5.97 Å². The van der Waals surface area contributed by atoms with E-state index in [9.17, 15) is 9.90 Å². The zero-order valence-corrected chi connectivity index (χ0v) is 13.3. The van der Waals surface area contributed by atoms with Crippen LogP contribution in [0.5, 0.6) is 0 Å². The van der Waals surface area contributed by atoms with E-state index in [1.165, 1.54) is 22.3 Å². The minimum Gasteiger partial charge on any atom is -0.480 e. The second kappa shape index (κ2) is 6.14. The summed E-state index contributed by atoms with van der Waals surface area (Å²) in [7, 11) is 0. The molecule has 1 saturated heterocycles. The monoisotopic (exact) mass is 310 g/mol. The average molecular weight is 310 g/mol. The molecule has 1 atom stereocenters. The molecule has 23 heavy (non-hydrogen) atoms. The second-order valence-electron chi connectivity index (χ2n) is 6.43. The number of aryl methyl sites for hydroxylation is 1. The van der Waals surface area contributed by atoms with E-state index >= 15 is 0 Å². The van der Waals surface area contributed by atoms with Gasteiger partial charge in [0, 0.05) is 19.6 Å². The topological polar surface area (TPSA) is 66.6 Å². The SMILES string of the molecule is Cc1ccccc1-c1ccc(CN2CCC(N)(C(=O)O)C2)cc1. The number of nitrogens with zero attached hydrogens (tertiary/aromatic N) is 1. The molecule has 0 aliphatic carbocycles. The number of carbonyl (C=O) groups is 1. The Morgan fingerprint density at radius 3 is 2.52 bits per heavy atom. The smallest absolute Gasteiger partial charge is 0.325 e. The summed E-state index contributed by atoms with van der Waals surface area (Å²) in [5.41, 5.74) is 9.71. The summed E-state index contributed by atoms with van der Waals surface area (Å²) >= 11 is 0. The third-order valence-electron chi connectivity index (χ3n) is 4.62. The van der Waals surface area contributed by atoms with Crippen molar-refractivity contribution in [2.24, 2.45) is 5.73 Å². The molecule has 1 heterocycles. The summed E-state index contributed by atoms with van der Waals surface area (Å²) in [5.74, 6) is -0.907. The first-order valence-corrected chi connectivity index (χ1v) is 7.87. The highest BCUT2D eigenvalue weighted by Crippen LogP contribution is 2.25. The third kappa shape index (κ3) is 3.28. The molecule has 0 saturated carbocycles. The lowest BCUT2D eigenvalue weighted by atomic mass is 9.99. The first-order valence-electron chi connectivity index (χ1n) is 7.87. The Balaban J connectivity index is 1.70. The number of hydrogen-bond donors (Lipinski definition) is 2. The predicted molar refractivity (Wildman–Crippen MR) is 91.1 cm³/mol. The van der Waals surface area contributed by atoms with Crippen LogP contribution in [0, 0.1) is 6.92 Å². The van der Waals surface area contributed by atoms with Gasteiger partial charge in [0.15, 0.2) is 0 Å². The van der Waals surface area contributed by atoms with E-state index in [-0.39, 0.29) is 0 Å². The number of carboxylic acids is 1. The molecule has 120 valence electrons. The molecule has 0 bridgehead atoms. The van der Waals surface area contributed by atoms with E-state index < -0.39 is 11.5 Å². The molecular formula is C19H22N2O2. The van der Waals surface area contributed by atoms with Crippen LogP contribution < -0.4 is 5.73 Å². The van der Waals surface area contributed by atoms with Gasteiger partial charge in [-0.1, -0.05) is 48.5 Å². The Bertz CT molecular complexity index is 712. The molecule has 3 rings (SSSR count). The molecular weight excluding hydrogens is 288 g/mol. The van der Waals surface area contributed by atoms with Crippen LogP contribution in [0.1, 0.15) is 17.5 Å². The maximum Gasteiger partial charge on any atom is 0.325 e. The van der Waals surface area contributed by atoms with Gasteiger partial charge < -0.3 is 10.8 Å². The van der Waals surface area contributed by atoms with Gasteiger partial charge in [-0.2, -0.15) is 0 Å². The molecule has 1 aliphatic rings. The van der Waals surface area contributed by atoms with Crippen molar-refractivity contribution >= 4 is 5.97 Å². The van der Waals surface area contributed by atoms with Crippen LogP contribution in [0.25, 0.3) is 11.1 Å². The summed E-state index contributed by atoms with van der Waals surface area (Å²) in [4.78, 5) is 13.3. The Labute approximate surface area is 136 Å². The van der Waals surface area contributed by atoms with Crippen molar-refractivity contribution in [3.63, 3.8) is 0 Å². The Hall–Kier alpha value is -2.17. The second-order valence-corrected chi connectivity index (χ2v) is 6.43. The summed E-state index contributed by atoms with van der Waals surface area (Å²) in [6.45, 7) is 3.98. The normalized spacial score (nSPS) is 21.5. The zero-order valence-electron chi connectivity index (χ0n) is 13.3. The van der Waals surface area contributed by atoms with Gasteiger partial charge in [-0.05, 0) is 35.6 Å². The number of likely N-dealkylation sites (tertiary alicyclic amines) is 1. The highest BCUT2D eigenvalue weighted by Gasteiger charge is 2.40. The fourth-order valence-corrected chi connectivity index (χ4v) is 3.17. The molecule has 0 radical (unpaired) electrons. The van der Waals surface area contributed by atoms with Crippen LogP contribution in [-0.2, 0) is 11.3 Å². The summed E-state index contributed by atoms with van der Waals surface area (Å²) in [5, 5.41) is 9.19. The number of carboxylic acid groups (broad SMARTS) is 1. The van der Waals surface area contributed by atoms with Crippen LogP contribution >= 0.6 is 0 Å². The van der Waals surface area contributed by atoms with Gasteiger partial charge in [-0.3, -0.25) is 9.69 Å². The lowest BCUT2D eigenvalue weighted by Gasteiger charge is -2.20. The van der Waals surface area contributed by atoms with Gasteiger partial charge in [0.25, 0.3) is 0 Å². The van der Waals surface area contributed by atoms with E-state index in [2.05, 4.69) is 48.2 Å². The fourth-order valence-electron chi connectivity index (χ4n) is 3.17. The van der Waals surface area contributed by atoms with Crippen molar-refractivity contribution in [3.05, 3.63) is 59.7 Å². The van der Waals surface area contributed by atoms with Crippen LogP contribution in [0.4, 0.5) is 0 Å². The summed E-state index contributed by atoms with van der Waals surface area (Å²) < 4.78 is 0. The Kier molecular flexibility index (Phi) is 4.20. The highest BCUT2D eigenvalue weighted by molar-refractivity contribution is 5.79. The van der Waals surface area contributed by atoms with Gasteiger partial charge in [0.1, 0.15) is 5.54 Å². The zero-order chi connectivity index (χ0) is 16.4. The largest absolute Gasteiger partial charge is 0.480 e. The van der Waals surface area contributed by atoms with Crippen molar-refractivity contribution in [3.8, 4) is 11.1 Å². The standard InChI is InChI=1S/C19H22N2O2/c1-14-4-2-3-5-17(14)16-8-6-15(7-9-16)12-21-11-10-19(20,13-21)18(22)23/h2-9H,10-13,20H2,1H3,(H,22,23). The van der Waals surface area contributed by atoms with E-state index in [0.29, 0.717) is 13.0 Å². The van der Waals surface area contributed by atoms with E-state index in [1.807, 2.05) is 12.1 Å². The Morgan fingerprint density at radius 1 is 1.22 bits per heavy atom. The average Bonchev–Trinajstić information content (AvgIpc) is 2.91. The van der Waals surface area contributed by atoms with Crippen LogP contribution in [0.3, 0.4) is 0 Å². The molecule has 1 aliphatic heterocycles. The maximum absolute atomic E-state index is 11.2. The van der Waals surface area contributed by atoms with Gasteiger partial charge in [-0.25, -0.2) is 0 Å². The van der Waals surface area contributed by atoms with E-state index in [0.717, 1.165) is 13.1 Å². The lowest BCUT2D eigenvalue weighted by molar-refractivity contribution is -0.142. The fraction of sp³-hybridized carbons (Fsp3) is 0.316. The number of nitrogens with two attached hydrogens (primary N) is 1. The first-order chi connectivity index (χ1) is 11.0.